The van der Waals surface area contributed by atoms with E-state index in [1.807, 2.05) is 41.5 Å². The summed E-state index contributed by atoms with van der Waals surface area (Å²) in [5.74, 6) is -2.40. The SMILES string of the molecule is CNC(=O)[C@H](CC(C)C)NC(=O)C(CC(C)C)CP(C)(=O)ONC(=O)[C@H](CC(C)C)NC(=O)[C@@H]1CCCN1C(C)=O. The lowest BCUT2D eigenvalue weighted by atomic mass is 9.96. The fraction of sp³-hybridized carbons (Fsp3) is 0.821. The van der Waals surface area contributed by atoms with Crippen molar-refractivity contribution in [3.05, 3.63) is 0 Å². The third-order valence-electron chi connectivity index (χ3n) is 6.90. The zero-order valence-corrected chi connectivity index (χ0v) is 27.1. The molecule has 0 radical (unpaired) electrons. The smallest absolute Gasteiger partial charge is 0.266 e. The highest BCUT2D eigenvalue weighted by molar-refractivity contribution is 7.58. The Kier molecular flexibility index (Phi) is 15.0. The lowest BCUT2D eigenvalue weighted by Crippen LogP contribution is -2.53. The highest BCUT2D eigenvalue weighted by Crippen LogP contribution is 2.44. The quantitative estimate of drug-likeness (QED) is 0.156. The van der Waals surface area contributed by atoms with E-state index in [1.165, 1.54) is 25.5 Å². The van der Waals surface area contributed by atoms with Crippen LogP contribution in [-0.4, -0.2) is 79.0 Å². The lowest BCUT2D eigenvalue weighted by Gasteiger charge is -2.27. The van der Waals surface area contributed by atoms with Crippen LogP contribution in [0, 0.1) is 23.7 Å². The monoisotopic (exact) mass is 601 g/mol. The summed E-state index contributed by atoms with van der Waals surface area (Å²) in [4.78, 5) is 65.0. The van der Waals surface area contributed by atoms with Crippen molar-refractivity contribution in [2.24, 2.45) is 23.7 Å². The van der Waals surface area contributed by atoms with Gasteiger partial charge in [0.1, 0.15) is 18.1 Å². The first kappa shape index (κ1) is 36.6. The van der Waals surface area contributed by atoms with Gasteiger partial charge >= 0.3 is 0 Å². The average Bonchev–Trinajstić information content (AvgIpc) is 3.35. The Morgan fingerprint density at radius 2 is 1.39 bits per heavy atom. The van der Waals surface area contributed by atoms with E-state index in [2.05, 4.69) is 21.4 Å². The van der Waals surface area contributed by atoms with E-state index in [-0.39, 0.29) is 35.7 Å². The van der Waals surface area contributed by atoms with Crippen LogP contribution in [0.5, 0.6) is 0 Å². The van der Waals surface area contributed by atoms with Gasteiger partial charge < -0.3 is 20.9 Å². The molecule has 4 N–H and O–H groups in total. The summed E-state index contributed by atoms with van der Waals surface area (Å²) in [6, 6.07) is -2.33. The normalized spacial score (nSPS) is 18.9. The molecule has 1 fully saturated rings. The summed E-state index contributed by atoms with van der Waals surface area (Å²) in [5, 5.41) is 8.10. The van der Waals surface area contributed by atoms with E-state index in [4.69, 9.17) is 4.62 Å². The van der Waals surface area contributed by atoms with Crippen molar-refractivity contribution in [2.75, 3.05) is 26.4 Å². The van der Waals surface area contributed by atoms with Crippen LogP contribution in [-0.2, 0) is 33.2 Å². The number of carbonyl (C=O) groups is 5. The van der Waals surface area contributed by atoms with Crippen LogP contribution in [0.3, 0.4) is 0 Å². The van der Waals surface area contributed by atoms with Crippen LogP contribution >= 0.6 is 7.37 Å². The zero-order valence-electron chi connectivity index (χ0n) is 26.2. The topological polar surface area (TPSA) is 163 Å². The van der Waals surface area contributed by atoms with Crippen molar-refractivity contribution in [1.29, 1.82) is 0 Å². The van der Waals surface area contributed by atoms with Crippen LogP contribution in [0.15, 0.2) is 0 Å². The number of hydrogen-bond acceptors (Lipinski definition) is 7. The minimum Gasteiger partial charge on any atom is -0.357 e. The number of carbonyl (C=O) groups excluding carboxylic acids is 5. The molecule has 1 aliphatic heterocycles. The standard InChI is InChI=1S/C28H52N5O7P/c1-17(2)13-21(25(35)30-22(14-18(3)4)26(36)29-8)16-41(9,39)40-32-27(37)23(15-19(5)6)31-28(38)24-11-10-12-33(24)20(7)34/h17-19,21-24H,10-16H2,1-9H3,(H,29,36)(H,30,35)(H,31,38)(H,32,37)/t21?,22-,23-,24-,41?/m0/s1. The van der Waals surface area contributed by atoms with Crippen molar-refractivity contribution >= 4 is 36.9 Å². The Morgan fingerprint density at radius 1 is 0.854 bits per heavy atom. The van der Waals surface area contributed by atoms with Gasteiger partial charge in [0.2, 0.25) is 31.0 Å². The van der Waals surface area contributed by atoms with Crippen molar-refractivity contribution in [1.82, 2.24) is 26.3 Å². The number of rotatable bonds is 16. The van der Waals surface area contributed by atoms with Gasteiger partial charge in [-0.1, -0.05) is 41.5 Å². The Hall–Kier alpha value is -2.46. The molecule has 1 saturated heterocycles. The molecule has 2 unspecified atom stereocenters. The largest absolute Gasteiger partial charge is 0.357 e. The van der Waals surface area contributed by atoms with E-state index in [9.17, 15) is 28.5 Å². The van der Waals surface area contributed by atoms with Gasteiger partial charge in [-0.05, 0) is 49.9 Å². The van der Waals surface area contributed by atoms with Gasteiger partial charge in [-0.3, -0.25) is 28.5 Å². The van der Waals surface area contributed by atoms with Crippen LogP contribution in [0.25, 0.3) is 0 Å². The second kappa shape index (κ2) is 16.9. The van der Waals surface area contributed by atoms with Crippen LogP contribution in [0.4, 0.5) is 0 Å². The molecule has 0 spiro atoms. The zero-order chi connectivity index (χ0) is 31.5. The van der Waals surface area contributed by atoms with Gasteiger partial charge in [0.15, 0.2) is 0 Å². The van der Waals surface area contributed by atoms with Crippen molar-refractivity contribution in [3.63, 3.8) is 0 Å². The van der Waals surface area contributed by atoms with E-state index in [1.54, 1.807) is 0 Å². The van der Waals surface area contributed by atoms with E-state index >= 15 is 0 Å². The number of amides is 5. The van der Waals surface area contributed by atoms with E-state index in [0.717, 1.165) is 0 Å². The molecule has 0 saturated carbocycles. The molecule has 236 valence electrons. The molecule has 41 heavy (non-hydrogen) atoms. The molecule has 1 aliphatic rings. The molecule has 0 aromatic heterocycles. The van der Waals surface area contributed by atoms with Gasteiger partial charge in [-0.25, -0.2) is 10.1 Å². The summed E-state index contributed by atoms with van der Waals surface area (Å²) in [5.41, 5.74) is 2.26. The maximum Gasteiger partial charge on any atom is 0.266 e. The Labute approximate surface area is 245 Å². The highest BCUT2D eigenvalue weighted by atomic mass is 31.2. The minimum absolute atomic E-state index is 0.0465. The predicted octanol–water partition coefficient (Wildman–Crippen LogP) is 2.42. The molecule has 0 aromatic carbocycles. The van der Waals surface area contributed by atoms with Gasteiger partial charge in [0.25, 0.3) is 5.91 Å². The van der Waals surface area contributed by atoms with Crippen molar-refractivity contribution in [3.8, 4) is 0 Å². The summed E-state index contributed by atoms with van der Waals surface area (Å²) >= 11 is 0. The lowest BCUT2D eigenvalue weighted by molar-refractivity contribution is -0.139. The van der Waals surface area contributed by atoms with Gasteiger partial charge in [0, 0.05) is 39.3 Å². The van der Waals surface area contributed by atoms with Gasteiger partial charge in [-0.2, -0.15) is 0 Å². The number of likely N-dealkylation sites (N-methyl/N-ethyl adjacent to an activating group) is 1. The molecule has 0 aromatic rings. The third kappa shape index (κ3) is 12.9. The maximum atomic E-state index is 13.4. The Morgan fingerprint density at radius 3 is 1.88 bits per heavy atom. The Bertz CT molecular complexity index is 971. The molecule has 13 heteroatoms. The second-order valence-electron chi connectivity index (χ2n) is 12.4. The van der Waals surface area contributed by atoms with Crippen LogP contribution in [0.1, 0.15) is 80.6 Å². The molecule has 5 atom stereocenters. The maximum absolute atomic E-state index is 13.4. The number of hydroxylamine groups is 1. The Balaban J connectivity index is 2.94. The fourth-order valence-electron chi connectivity index (χ4n) is 5.04. The van der Waals surface area contributed by atoms with Crippen LogP contribution < -0.4 is 21.4 Å². The number of nitrogens with zero attached hydrogens (tertiary/aromatic N) is 1. The molecule has 12 nitrogen and oxygen atoms in total. The summed E-state index contributed by atoms with van der Waals surface area (Å²) in [7, 11) is -2.02. The average molecular weight is 602 g/mol. The third-order valence-corrected chi connectivity index (χ3v) is 8.49. The number of nitrogens with one attached hydrogen (secondary N) is 4. The molecule has 5 amide bonds. The van der Waals surface area contributed by atoms with Crippen LogP contribution in [0.2, 0.25) is 0 Å². The minimum atomic E-state index is -3.52. The molecule has 1 heterocycles. The molecule has 0 bridgehead atoms. The number of likely N-dealkylation sites (tertiary alicyclic amines) is 1. The second-order valence-corrected chi connectivity index (χ2v) is 15.0. The fourth-order valence-corrected chi connectivity index (χ4v) is 6.51. The first-order valence-electron chi connectivity index (χ1n) is 14.6. The van der Waals surface area contributed by atoms with Gasteiger partial charge in [-0.15, -0.1) is 0 Å². The first-order valence-corrected chi connectivity index (χ1v) is 16.9. The van der Waals surface area contributed by atoms with Crippen molar-refractivity contribution < 1.29 is 33.2 Å². The molecule has 1 rings (SSSR count). The summed E-state index contributed by atoms with van der Waals surface area (Å²) < 4.78 is 18.8. The molecular formula is C28H52N5O7P. The highest BCUT2D eigenvalue weighted by Gasteiger charge is 2.36. The molecular weight excluding hydrogens is 549 g/mol. The van der Waals surface area contributed by atoms with E-state index < -0.39 is 49.1 Å². The molecule has 0 aliphatic carbocycles. The first-order chi connectivity index (χ1) is 19.0. The summed E-state index contributed by atoms with van der Waals surface area (Å²) in [6.45, 7) is 14.8. The number of hydrogen-bond donors (Lipinski definition) is 4. The summed E-state index contributed by atoms with van der Waals surface area (Å²) in [6.07, 6.45) is 2.23. The van der Waals surface area contributed by atoms with E-state index in [0.29, 0.717) is 38.6 Å². The predicted molar refractivity (Wildman–Crippen MR) is 158 cm³/mol. The van der Waals surface area contributed by atoms with Crippen molar-refractivity contribution in [2.45, 2.75) is 98.7 Å². The van der Waals surface area contributed by atoms with Gasteiger partial charge in [0.05, 0.1) is 0 Å².